The Labute approximate surface area is 170 Å². The summed E-state index contributed by atoms with van der Waals surface area (Å²) in [6.45, 7) is 5.68. The highest BCUT2D eigenvalue weighted by Crippen LogP contribution is 2.20. The lowest BCUT2D eigenvalue weighted by Crippen LogP contribution is -2.33. The lowest BCUT2D eigenvalue weighted by atomic mass is 10.1. The maximum Gasteiger partial charge on any atom is 0.257 e. The molecule has 0 aliphatic heterocycles. The van der Waals surface area contributed by atoms with Crippen LogP contribution < -0.4 is 0 Å². The first-order valence-corrected chi connectivity index (χ1v) is 10.2. The Kier molecular flexibility index (Phi) is 6.96. The highest BCUT2D eigenvalue weighted by molar-refractivity contribution is 5.94. The Morgan fingerprint density at radius 1 is 1.07 bits per heavy atom. The van der Waals surface area contributed by atoms with Crippen LogP contribution in [0.4, 0.5) is 8.78 Å². The molecule has 0 spiro atoms. The van der Waals surface area contributed by atoms with Crippen LogP contribution in [0.3, 0.4) is 0 Å². The van der Waals surface area contributed by atoms with Crippen molar-refractivity contribution in [2.75, 3.05) is 6.54 Å². The van der Waals surface area contributed by atoms with Crippen LogP contribution in [-0.2, 0) is 13.1 Å². The number of carbonyl (C=O) groups excluding carboxylic acids is 1. The predicted molar refractivity (Wildman–Crippen MR) is 111 cm³/mol. The van der Waals surface area contributed by atoms with Crippen LogP contribution in [0.1, 0.15) is 55.7 Å². The van der Waals surface area contributed by atoms with Gasteiger partial charge in [0.05, 0.1) is 23.1 Å². The SMILES string of the molecule is CCCCN(Cc1nc2ccccc2n1CCCC)C(=O)c1cc(F)ccc1F. The summed E-state index contributed by atoms with van der Waals surface area (Å²) >= 11 is 0. The Balaban J connectivity index is 1.96. The Morgan fingerprint density at radius 2 is 1.83 bits per heavy atom. The summed E-state index contributed by atoms with van der Waals surface area (Å²) in [6, 6.07) is 10.9. The van der Waals surface area contributed by atoms with Crippen LogP contribution in [0.15, 0.2) is 42.5 Å². The number of fused-ring (bicyclic) bond motifs is 1. The lowest BCUT2D eigenvalue weighted by molar-refractivity contribution is 0.0729. The molecule has 0 saturated heterocycles. The Bertz CT molecular complexity index is 983. The first kappa shape index (κ1) is 21.0. The van der Waals surface area contributed by atoms with Crippen molar-refractivity contribution in [3.63, 3.8) is 0 Å². The van der Waals surface area contributed by atoms with E-state index in [0.29, 0.717) is 6.54 Å². The van der Waals surface area contributed by atoms with Crippen molar-refractivity contribution < 1.29 is 13.6 Å². The molecule has 1 amide bonds. The summed E-state index contributed by atoms with van der Waals surface area (Å²) < 4.78 is 30.0. The van der Waals surface area contributed by atoms with Gasteiger partial charge in [-0.1, -0.05) is 38.8 Å². The van der Waals surface area contributed by atoms with Gasteiger partial charge in [-0.25, -0.2) is 13.8 Å². The molecule has 0 fully saturated rings. The second kappa shape index (κ2) is 9.63. The highest BCUT2D eigenvalue weighted by Gasteiger charge is 2.22. The van der Waals surface area contributed by atoms with Crippen molar-refractivity contribution in [1.29, 1.82) is 0 Å². The van der Waals surface area contributed by atoms with E-state index < -0.39 is 17.5 Å². The number of halogens is 2. The molecule has 3 aromatic rings. The molecule has 4 nitrogen and oxygen atoms in total. The van der Waals surface area contributed by atoms with E-state index in [1.54, 1.807) is 4.90 Å². The number of para-hydroxylation sites is 2. The summed E-state index contributed by atoms with van der Waals surface area (Å²) in [7, 11) is 0. The zero-order valence-electron chi connectivity index (χ0n) is 17.0. The van der Waals surface area contributed by atoms with E-state index in [9.17, 15) is 13.6 Å². The van der Waals surface area contributed by atoms with Gasteiger partial charge < -0.3 is 9.47 Å². The van der Waals surface area contributed by atoms with Crippen molar-refractivity contribution in [3.8, 4) is 0 Å². The van der Waals surface area contributed by atoms with Crippen molar-refractivity contribution in [2.45, 2.75) is 52.6 Å². The fourth-order valence-electron chi connectivity index (χ4n) is 3.42. The fourth-order valence-corrected chi connectivity index (χ4v) is 3.42. The summed E-state index contributed by atoms with van der Waals surface area (Å²) in [4.78, 5) is 19.4. The molecule has 0 unspecified atom stereocenters. The average Bonchev–Trinajstić information content (AvgIpc) is 3.07. The number of aryl methyl sites for hydroxylation is 1. The molecule has 1 heterocycles. The largest absolute Gasteiger partial charge is 0.331 e. The first-order chi connectivity index (χ1) is 14.0. The lowest BCUT2D eigenvalue weighted by Gasteiger charge is -2.23. The first-order valence-electron chi connectivity index (χ1n) is 10.2. The van der Waals surface area contributed by atoms with E-state index in [1.165, 1.54) is 0 Å². The molecule has 0 bridgehead atoms. The van der Waals surface area contributed by atoms with Gasteiger partial charge in [0, 0.05) is 13.1 Å². The van der Waals surface area contributed by atoms with Crippen LogP contribution in [-0.4, -0.2) is 26.9 Å². The van der Waals surface area contributed by atoms with Crippen molar-refractivity contribution in [2.24, 2.45) is 0 Å². The molecule has 6 heteroatoms. The van der Waals surface area contributed by atoms with Crippen molar-refractivity contribution in [1.82, 2.24) is 14.5 Å². The van der Waals surface area contributed by atoms with Gasteiger partial charge in [-0.3, -0.25) is 4.79 Å². The minimum absolute atomic E-state index is 0.239. The molecule has 154 valence electrons. The van der Waals surface area contributed by atoms with Crippen LogP contribution in [0.2, 0.25) is 0 Å². The van der Waals surface area contributed by atoms with E-state index >= 15 is 0 Å². The molecule has 29 heavy (non-hydrogen) atoms. The van der Waals surface area contributed by atoms with E-state index in [2.05, 4.69) is 11.5 Å². The van der Waals surface area contributed by atoms with Crippen LogP contribution in [0.25, 0.3) is 11.0 Å². The van der Waals surface area contributed by atoms with Crippen molar-refractivity contribution in [3.05, 3.63) is 65.5 Å². The van der Waals surface area contributed by atoms with Gasteiger partial charge in [0.15, 0.2) is 0 Å². The zero-order chi connectivity index (χ0) is 20.8. The standard InChI is InChI=1S/C23H27F2N3O/c1-3-5-13-27(23(29)18-15-17(24)11-12-19(18)25)16-22-26-20-9-7-8-10-21(20)28(22)14-6-4-2/h7-12,15H,3-6,13-14,16H2,1-2H3. The van der Waals surface area contributed by atoms with E-state index in [0.717, 1.165) is 67.3 Å². The maximum atomic E-state index is 14.2. The van der Waals surface area contributed by atoms with Gasteiger partial charge in [-0.05, 0) is 43.2 Å². The number of rotatable bonds is 9. The number of nitrogens with zero attached hydrogens (tertiary/aromatic N) is 3. The van der Waals surface area contributed by atoms with Gasteiger partial charge in [0.1, 0.15) is 17.5 Å². The van der Waals surface area contributed by atoms with Gasteiger partial charge in [0.2, 0.25) is 0 Å². The number of carbonyl (C=O) groups is 1. The fraction of sp³-hybridized carbons (Fsp3) is 0.391. The summed E-state index contributed by atoms with van der Waals surface area (Å²) in [5, 5.41) is 0. The Morgan fingerprint density at radius 3 is 2.59 bits per heavy atom. The maximum absolute atomic E-state index is 14.2. The topological polar surface area (TPSA) is 38.1 Å². The molecular formula is C23H27F2N3O. The number of amides is 1. The molecule has 0 aliphatic carbocycles. The normalized spacial score (nSPS) is 11.2. The molecule has 0 aliphatic rings. The van der Waals surface area contributed by atoms with Crippen LogP contribution in [0, 0.1) is 11.6 Å². The number of hydrogen-bond donors (Lipinski definition) is 0. The third-order valence-corrected chi connectivity index (χ3v) is 5.03. The number of imidazole rings is 1. The third kappa shape index (κ3) is 4.81. The minimum Gasteiger partial charge on any atom is -0.331 e. The summed E-state index contributed by atoms with van der Waals surface area (Å²) in [5.74, 6) is -1.08. The Hall–Kier alpha value is -2.76. The molecule has 0 radical (unpaired) electrons. The summed E-state index contributed by atoms with van der Waals surface area (Å²) in [6.07, 6.45) is 3.70. The smallest absolute Gasteiger partial charge is 0.257 e. The van der Waals surface area contributed by atoms with Gasteiger partial charge in [-0.15, -0.1) is 0 Å². The summed E-state index contributed by atoms with van der Waals surface area (Å²) in [5.41, 5.74) is 1.66. The molecular weight excluding hydrogens is 372 g/mol. The van der Waals surface area contributed by atoms with E-state index in [-0.39, 0.29) is 12.1 Å². The van der Waals surface area contributed by atoms with Crippen molar-refractivity contribution >= 4 is 16.9 Å². The number of hydrogen-bond acceptors (Lipinski definition) is 2. The number of aromatic nitrogens is 2. The van der Waals surface area contributed by atoms with Crippen LogP contribution in [0.5, 0.6) is 0 Å². The van der Waals surface area contributed by atoms with Gasteiger partial charge in [0.25, 0.3) is 5.91 Å². The molecule has 2 aromatic carbocycles. The van der Waals surface area contributed by atoms with E-state index in [1.807, 2.05) is 31.2 Å². The molecule has 0 saturated carbocycles. The molecule has 0 N–H and O–H groups in total. The third-order valence-electron chi connectivity index (χ3n) is 5.03. The highest BCUT2D eigenvalue weighted by atomic mass is 19.1. The van der Waals surface area contributed by atoms with Gasteiger partial charge in [-0.2, -0.15) is 0 Å². The molecule has 1 aromatic heterocycles. The average molecular weight is 399 g/mol. The number of benzene rings is 2. The second-order valence-corrected chi connectivity index (χ2v) is 7.23. The monoisotopic (exact) mass is 399 g/mol. The van der Waals surface area contributed by atoms with Crippen LogP contribution >= 0.6 is 0 Å². The predicted octanol–water partition coefficient (Wildman–Crippen LogP) is 5.56. The molecule has 3 rings (SSSR count). The zero-order valence-corrected chi connectivity index (χ0v) is 17.0. The number of unbranched alkanes of at least 4 members (excludes halogenated alkanes) is 2. The van der Waals surface area contributed by atoms with Gasteiger partial charge >= 0.3 is 0 Å². The quantitative estimate of drug-likeness (QED) is 0.473. The van der Waals surface area contributed by atoms with E-state index in [4.69, 9.17) is 4.98 Å². The minimum atomic E-state index is -0.711. The second-order valence-electron chi connectivity index (χ2n) is 7.23. The molecule has 0 atom stereocenters.